The Labute approximate surface area is 222 Å². The molecule has 0 amide bonds. The van der Waals surface area contributed by atoms with E-state index >= 15 is 0 Å². The maximum atomic E-state index is 13.3. The summed E-state index contributed by atoms with van der Waals surface area (Å²) in [6.45, 7) is 5.85. The molecule has 3 aromatic carbocycles. The Morgan fingerprint density at radius 2 is 1.82 bits per heavy atom. The van der Waals surface area contributed by atoms with E-state index in [1.54, 1.807) is 24.3 Å². The van der Waals surface area contributed by atoms with Crippen molar-refractivity contribution in [2.24, 2.45) is 0 Å². The van der Waals surface area contributed by atoms with Crippen molar-refractivity contribution in [3.8, 4) is 17.2 Å². The highest BCUT2D eigenvalue weighted by Gasteiger charge is 2.30. The van der Waals surface area contributed by atoms with Crippen LogP contribution >= 0.6 is 0 Å². The number of carbonyl (C=O) groups is 1. The van der Waals surface area contributed by atoms with Crippen molar-refractivity contribution in [1.82, 2.24) is 0 Å². The smallest absolute Gasteiger partial charge is 0.269 e. The summed E-state index contributed by atoms with van der Waals surface area (Å²) in [6.07, 6.45) is 3.29. The number of aliphatic hydroxyl groups excluding tert-OH is 1. The van der Waals surface area contributed by atoms with Crippen molar-refractivity contribution in [3.05, 3.63) is 92.5 Å². The number of ether oxygens (including phenoxy) is 3. The maximum absolute atomic E-state index is 13.3. The van der Waals surface area contributed by atoms with E-state index in [9.17, 15) is 20.0 Å². The molecule has 0 saturated carbocycles. The second-order valence-corrected chi connectivity index (χ2v) is 10.1. The molecule has 0 aliphatic carbocycles. The quantitative estimate of drug-likeness (QED) is 0.188. The van der Waals surface area contributed by atoms with E-state index in [1.807, 2.05) is 32.0 Å². The Kier molecular flexibility index (Phi) is 8.32. The number of aryl methyl sites for hydroxylation is 1. The SMILES string of the molecule is CCCc1ccc(C(=O)COc2c(CO)ccc3c2CCC(C)(C)O3)c(OCc2ccc([N+](=O)[O-])cc2)c1. The number of nitro benzene ring substituents is 1. The van der Waals surface area contributed by atoms with Crippen molar-refractivity contribution in [2.45, 2.75) is 65.3 Å². The molecule has 0 fully saturated rings. The summed E-state index contributed by atoms with van der Waals surface area (Å²) >= 11 is 0. The number of hydrogen-bond acceptors (Lipinski definition) is 7. The van der Waals surface area contributed by atoms with Crippen LogP contribution in [0.25, 0.3) is 0 Å². The molecule has 0 bridgehead atoms. The lowest BCUT2D eigenvalue weighted by atomic mass is 9.92. The van der Waals surface area contributed by atoms with E-state index in [0.717, 1.165) is 42.4 Å². The van der Waals surface area contributed by atoms with Gasteiger partial charge in [-0.05, 0) is 80.6 Å². The zero-order valence-electron chi connectivity index (χ0n) is 22.0. The van der Waals surface area contributed by atoms with Crippen LogP contribution in [0.5, 0.6) is 17.2 Å². The van der Waals surface area contributed by atoms with Crippen LogP contribution in [0.15, 0.2) is 54.6 Å². The molecule has 1 heterocycles. The van der Waals surface area contributed by atoms with Gasteiger partial charge in [-0.2, -0.15) is 0 Å². The first-order chi connectivity index (χ1) is 18.2. The van der Waals surface area contributed by atoms with Crippen molar-refractivity contribution in [1.29, 1.82) is 0 Å². The third-order valence-corrected chi connectivity index (χ3v) is 6.61. The van der Waals surface area contributed by atoms with Crippen LogP contribution in [0.4, 0.5) is 5.69 Å². The van der Waals surface area contributed by atoms with Gasteiger partial charge >= 0.3 is 0 Å². The van der Waals surface area contributed by atoms with E-state index in [-0.39, 0.29) is 36.9 Å². The van der Waals surface area contributed by atoms with Crippen LogP contribution in [0, 0.1) is 10.1 Å². The van der Waals surface area contributed by atoms with Crippen molar-refractivity contribution >= 4 is 11.5 Å². The van der Waals surface area contributed by atoms with Crippen LogP contribution in [0.2, 0.25) is 0 Å². The van der Waals surface area contributed by atoms with Gasteiger partial charge in [0.25, 0.3) is 5.69 Å². The van der Waals surface area contributed by atoms with Crippen LogP contribution in [0.3, 0.4) is 0 Å². The molecule has 8 nitrogen and oxygen atoms in total. The average molecular weight is 520 g/mol. The van der Waals surface area contributed by atoms with Crippen molar-refractivity contribution in [2.75, 3.05) is 6.61 Å². The van der Waals surface area contributed by atoms with Gasteiger partial charge in [0.05, 0.1) is 17.1 Å². The molecule has 0 radical (unpaired) electrons. The third-order valence-electron chi connectivity index (χ3n) is 6.61. The van der Waals surface area contributed by atoms with E-state index < -0.39 is 4.92 Å². The maximum Gasteiger partial charge on any atom is 0.269 e. The lowest BCUT2D eigenvalue weighted by Gasteiger charge is -2.33. The van der Waals surface area contributed by atoms with Gasteiger partial charge in [0, 0.05) is 23.3 Å². The predicted molar refractivity (Wildman–Crippen MR) is 143 cm³/mol. The minimum absolute atomic E-state index is 0.00557. The van der Waals surface area contributed by atoms with Crippen molar-refractivity contribution in [3.63, 3.8) is 0 Å². The minimum atomic E-state index is -0.450. The summed E-state index contributed by atoms with van der Waals surface area (Å²) in [6, 6.07) is 15.3. The molecule has 200 valence electrons. The molecule has 4 rings (SSSR count). The van der Waals surface area contributed by atoms with E-state index in [0.29, 0.717) is 28.4 Å². The molecule has 38 heavy (non-hydrogen) atoms. The standard InChI is InChI=1S/C30H33NO7/c1-4-5-20-8-12-24(28(16-20)36-18-21-6-10-23(11-7-21)31(34)35)26(33)19-37-29-22(17-32)9-13-27-25(29)14-15-30(2,3)38-27/h6-13,16,32H,4-5,14-15,17-19H2,1-3H3. The molecule has 0 atom stereocenters. The number of nitrogens with zero attached hydrogens (tertiary/aromatic N) is 1. The molecule has 1 N–H and O–H groups in total. The number of carbonyl (C=O) groups excluding carboxylic acids is 1. The fraction of sp³-hybridized carbons (Fsp3) is 0.367. The van der Waals surface area contributed by atoms with Gasteiger partial charge < -0.3 is 19.3 Å². The van der Waals surface area contributed by atoms with E-state index in [4.69, 9.17) is 14.2 Å². The summed E-state index contributed by atoms with van der Waals surface area (Å²) in [5.41, 5.74) is 3.35. The number of Topliss-reactive ketones (excluding diaryl/α,β-unsaturated/α-hetero) is 1. The number of fused-ring (bicyclic) bond motifs is 1. The first kappa shape index (κ1) is 27.1. The molecule has 0 aromatic heterocycles. The Bertz CT molecular complexity index is 1310. The Hall–Kier alpha value is -3.91. The molecule has 0 spiro atoms. The fourth-order valence-electron chi connectivity index (χ4n) is 4.52. The average Bonchev–Trinajstić information content (AvgIpc) is 2.90. The molecule has 8 heteroatoms. The highest BCUT2D eigenvalue weighted by Crippen LogP contribution is 2.40. The highest BCUT2D eigenvalue weighted by molar-refractivity contribution is 6.00. The number of ketones is 1. The number of aliphatic hydroxyl groups is 1. The zero-order valence-corrected chi connectivity index (χ0v) is 22.0. The largest absolute Gasteiger partial charge is 0.488 e. The number of nitro groups is 1. The first-order valence-corrected chi connectivity index (χ1v) is 12.8. The molecule has 3 aromatic rings. The first-order valence-electron chi connectivity index (χ1n) is 12.8. The number of rotatable bonds is 11. The summed E-state index contributed by atoms with van der Waals surface area (Å²) in [5, 5.41) is 20.8. The summed E-state index contributed by atoms with van der Waals surface area (Å²) in [7, 11) is 0. The Morgan fingerprint density at radius 1 is 1.08 bits per heavy atom. The monoisotopic (exact) mass is 519 g/mol. The second kappa shape index (κ2) is 11.6. The van der Waals surface area contributed by atoms with Gasteiger partial charge in [0.15, 0.2) is 6.61 Å². The molecule has 0 saturated heterocycles. The van der Waals surface area contributed by atoms with Crippen molar-refractivity contribution < 1.29 is 29.0 Å². The van der Waals surface area contributed by atoms with Gasteiger partial charge in [0.1, 0.15) is 29.5 Å². The molecule has 1 aliphatic rings. The fourth-order valence-corrected chi connectivity index (χ4v) is 4.52. The zero-order chi connectivity index (χ0) is 27.3. The normalized spacial score (nSPS) is 13.8. The topological polar surface area (TPSA) is 108 Å². The predicted octanol–water partition coefficient (Wildman–Crippen LogP) is 5.98. The van der Waals surface area contributed by atoms with E-state index in [2.05, 4.69) is 6.92 Å². The molecule has 0 unspecified atom stereocenters. The van der Waals surface area contributed by atoms with Gasteiger partial charge in [-0.15, -0.1) is 0 Å². The Balaban J connectivity index is 1.54. The lowest BCUT2D eigenvalue weighted by molar-refractivity contribution is -0.384. The minimum Gasteiger partial charge on any atom is -0.488 e. The van der Waals surface area contributed by atoms with Crippen LogP contribution in [0.1, 0.15) is 66.2 Å². The number of benzene rings is 3. The highest BCUT2D eigenvalue weighted by atomic mass is 16.6. The van der Waals surface area contributed by atoms with Crippen LogP contribution in [-0.2, 0) is 26.1 Å². The van der Waals surface area contributed by atoms with Gasteiger partial charge in [-0.3, -0.25) is 14.9 Å². The molecule has 1 aliphatic heterocycles. The van der Waals surface area contributed by atoms with Gasteiger partial charge in [-0.1, -0.05) is 19.4 Å². The summed E-state index contributed by atoms with van der Waals surface area (Å²) in [5.74, 6) is 1.37. The lowest BCUT2D eigenvalue weighted by Crippen LogP contribution is -2.33. The number of non-ortho nitro benzene ring substituents is 1. The van der Waals surface area contributed by atoms with Crippen LogP contribution in [-0.4, -0.2) is 28.0 Å². The summed E-state index contributed by atoms with van der Waals surface area (Å²) in [4.78, 5) is 23.8. The molecular weight excluding hydrogens is 486 g/mol. The Morgan fingerprint density at radius 3 is 2.50 bits per heavy atom. The van der Waals surface area contributed by atoms with E-state index in [1.165, 1.54) is 12.1 Å². The second-order valence-electron chi connectivity index (χ2n) is 10.1. The van der Waals surface area contributed by atoms with Crippen LogP contribution < -0.4 is 14.2 Å². The number of hydrogen-bond donors (Lipinski definition) is 1. The molecular formula is C30H33NO7. The third kappa shape index (κ3) is 6.31. The van der Waals surface area contributed by atoms with Gasteiger partial charge in [0.2, 0.25) is 5.78 Å². The summed E-state index contributed by atoms with van der Waals surface area (Å²) < 4.78 is 18.2. The van der Waals surface area contributed by atoms with Gasteiger partial charge in [-0.25, -0.2) is 0 Å².